The number of nitrogens with one attached hydrogen (secondary N) is 1. The van der Waals surface area contributed by atoms with Gasteiger partial charge in [-0.2, -0.15) is 0 Å². The number of carbonyl (C=O) groups excluding carboxylic acids is 2. The molecular weight excluding hydrogens is 315 g/mol. The van der Waals surface area contributed by atoms with E-state index in [4.69, 9.17) is 27.9 Å². The lowest BCUT2D eigenvalue weighted by Gasteiger charge is -2.26. The van der Waals surface area contributed by atoms with E-state index in [0.29, 0.717) is 26.9 Å². The molecule has 1 aliphatic rings. The topological polar surface area (TPSA) is 58.6 Å². The summed E-state index contributed by atoms with van der Waals surface area (Å²) in [6.45, 7) is 3.44. The van der Waals surface area contributed by atoms with Gasteiger partial charge in [0.1, 0.15) is 0 Å². The van der Waals surface area contributed by atoms with Crippen LogP contribution in [0.3, 0.4) is 0 Å². The second-order valence-electron chi connectivity index (χ2n) is 4.59. The smallest absolute Gasteiger partial charge is 0.409 e. The number of benzene rings is 1. The Labute approximate surface area is 132 Å². The van der Waals surface area contributed by atoms with Gasteiger partial charge in [-0.05, 0) is 37.6 Å². The van der Waals surface area contributed by atoms with Crippen molar-refractivity contribution in [2.24, 2.45) is 0 Å². The first kappa shape index (κ1) is 15.7. The van der Waals surface area contributed by atoms with Crippen molar-refractivity contribution < 1.29 is 14.3 Å². The summed E-state index contributed by atoms with van der Waals surface area (Å²) in [5.74, 6) is -0.236. The van der Waals surface area contributed by atoms with Gasteiger partial charge in [-0.15, -0.1) is 0 Å². The van der Waals surface area contributed by atoms with Crippen LogP contribution in [0.5, 0.6) is 0 Å². The maximum Gasteiger partial charge on any atom is 0.409 e. The Hall–Kier alpha value is -1.72. The molecule has 112 valence electrons. The maximum atomic E-state index is 12.4. The lowest BCUT2D eigenvalue weighted by atomic mass is 10.2. The summed E-state index contributed by atoms with van der Waals surface area (Å²) in [6.07, 6.45) is -1.42. The van der Waals surface area contributed by atoms with Crippen LogP contribution in [-0.4, -0.2) is 25.3 Å². The molecule has 2 amide bonds. The SMILES string of the molecule is CNC(=O)OC1C(C)=C(C)C(=O)N1c1ccc(Cl)c(Cl)c1. The minimum absolute atomic E-state index is 0.236. The first-order valence-electron chi connectivity index (χ1n) is 6.21. The molecule has 1 atom stereocenters. The van der Waals surface area contributed by atoms with Crippen LogP contribution in [0.2, 0.25) is 10.0 Å². The first-order chi connectivity index (χ1) is 9.86. The van der Waals surface area contributed by atoms with Gasteiger partial charge < -0.3 is 10.1 Å². The largest absolute Gasteiger partial charge is 0.421 e. The molecule has 0 aromatic heterocycles. The zero-order valence-corrected chi connectivity index (χ0v) is 13.2. The van der Waals surface area contributed by atoms with E-state index in [0.717, 1.165) is 0 Å². The standard InChI is InChI=1S/C14H14Cl2N2O3/c1-7-8(2)13(21-14(20)17-3)18(12(7)19)9-4-5-10(15)11(16)6-9/h4-6,13H,1-3H3,(H,17,20). The van der Waals surface area contributed by atoms with Crippen LogP contribution in [0.15, 0.2) is 29.3 Å². The molecule has 1 aromatic carbocycles. The summed E-state index contributed by atoms with van der Waals surface area (Å²) >= 11 is 11.9. The molecule has 0 spiro atoms. The highest BCUT2D eigenvalue weighted by molar-refractivity contribution is 6.42. The molecule has 0 saturated carbocycles. The molecule has 0 fully saturated rings. The summed E-state index contributed by atoms with van der Waals surface area (Å²) in [5.41, 5.74) is 1.73. The molecule has 1 heterocycles. The number of halogens is 2. The van der Waals surface area contributed by atoms with Crippen molar-refractivity contribution in [2.75, 3.05) is 11.9 Å². The third-order valence-electron chi connectivity index (χ3n) is 3.34. The minimum atomic E-state index is -0.797. The zero-order valence-electron chi connectivity index (χ0n) is 11.7. The number of carbonyl (C=O) groups is 2. The van der Waals surface area contributed by atoms with Gasteiger partial charge in [-0.1, -0.05) is 23.2 Å². The predicted octanol–water partition coefficient (Wildman–Crippen LogP) is 3.36. The fourth-order valence-electron chi connectivity index (χ4n) is 2.02. The van der Waals surface area contributed by atoms with Crippen molar-refractivity contribution in [1.29, 1.82) is 0 Å². The van der Waals surface area contributed by atoms with Crippen LogP contribution >= 0.6 is 23.2 Å². The van der Waals surface area contributed by atoms with E-state index in [1.807, 2.05) is 0 Å². The number of alkyl carbamates (subject to hydrolysis) is 1. The lowest BCUT2D eigenvalue weighted by molar-refractivity contribution is -0.115. The fraction of sp³-hybridized carbons (Fsp3) is 0.286. The van der Waals surface area contributed by atoms with Crippen LogP contribution in [0.1, 0.15) is 13.8 Å². The van der Waals surface area contributed by atoms with E-state index >= 15 is 0 Å². The van der Waals surface area contributed by atoms with E-state index < -0.39 is 12.3 Å². The molecule has 1 N–H and O–H groups in total. The highest BCUT2D eigenvalue weighted by atomic mass is 35.5. The van der Waals surface area contributed by atoms with Crippen molar-refractivity contribution in [3.8, 4) is 0 Å². The predicted molar refractivity (Wildman–Crippen MR) is 81.7 cm³/mol. The number of rotatable bonds is 2. The normalized spacial score (nSPS) is 18.2. The highest BCUT2D eigenvalue weighted by Crippen LogP contribution is 2.34. The molecule has 1 aliphatic heterocycles. The van der Waals surface area contributed by atoms with Gasteiger partial charge in [0.15, 0.2) is 0 Å². The van der Waals surface area contributed by atoms with Gasteiger partial charge >= 0.3 is 6.09 Å². The van der Waals surface area contributed by atoms with Crippen molar-refractivity contribution in [2.45, 2.75) is 20.1 Å². The van der Waals surface area contributed by atoms with Crippen molar-refractivity contribution in [3.63, 3.8) is 0 Å². The van der Waals surface area contributed by atoms with Crippen LogP contribution in [0, 0.1) is 0 Å². The van der Waals surface area contributed by atoms with Crippen molar-refractivity contribution >= 4 is 40.9 Å². The zero-order chi connectivity index (χ0) is 15.7. The van der Waals surface area contributed by atoms with Gasteiger partial charge in [-0.3, -0.25) is 9.69 Å². The number of ether oxygens (including phenoxy) is 1. The molecular formula is C14H14Cl2N2O3. The summed E-state index contributed by atoms with van der Waals surface area (Å²) in [6, 6.07) is 4.80. The molecule has 21 heavy (non-hydrogen) atoms. The Morgan fingerprint density at radius 3 is 2.52 bits per heavy atom. The summed E-state index contributed by atoms with van der Waals surface area (Å²) in [4.78, 5) is 25.2. The molecule has 1 unspecified atom stereocenters. The van der Waals surface area contributed by atoms with Crippen LogP contribution < -0.4 is 10.2 Å². The van der Waals surface area contributed by atoms with E-state index in [1.165, 1.54) is 11.9 Å². The quantitative estimate of drug-likeness (QED) is 0.905. The Bertz CT molecular complexity index is 643. The Morgan fingerprint density at radius 1 is 1.29 bits per heavy atom. The fourth-order valence-corrected chi connectivity index (χ4v) is 2.32. The average molecular weight is 329 g/mol. The van der Waals surface area contributed by atoms with Crippen LogP contribution in [0.25, 0.3) is 0 Å². The average Bonchev–Trinajstić information content (AvgIpc) is 2.66. The van der Waals surface area contributed by atoms with Crippen LogP contribution in [0.4, 0.5) is 10.5 Å². The van der Waals surface area contributed by atoms with Crippen molar-refractivity contribution in [1.82, 2.24) is 5.32 Å². The number of nitrogens with zero attached hydrogens (tertiary/aromatic N) is 1. The lowest BCUT2D eigenvalue weighted by Crippen LogP contribution is -2.40. The van der Waals surface area contributed by atoms with Gasteiger partial charge in [0, 0.05) is 18.3 Å². The third kappa shape index (κ3) is 2.84. The number of hydrogen-bond acceptors (Lipinski definition) is 3. The molecule has 5 nitrogen and oxygen atoms in total. The van der Waals surface area contributed by atoms with Gasteiger partial charge in [0.2, 0.25) is 6.23 Å². The van der Waals surface area contributed by atoms with E-state index in [1.54, 1.807) is 32.0 Å². The number of hydrogen-bond donors (Lipinski definition) is 1. The third-order valence-corrected chi connectivity index (χ3v) is 4.08. The molecule has 1 aromatic rings. The van der Waals surface area contributed by atoms with E-state index in [2.05, 4.69) is 5.32 Å². The molecule has 0 radical (unpaired) electrons. The van der Waals surface area contributed by atoms with Gasteiger partial charge in [-0.25, -0.2) is 4.79 Å². The highest BCUT2D eigenvalue weighted by Gasteiger charge is 2.38. The second kappa shape index (κ2) is 5.95. The van der Waals surface area contributed by atoms with E-state index in [9.17, 15) is 9.59 Å². The summed E-state index contributed by atoms with van der Waals surface area (Å²) < 4.78 is 5.27. The second-order valence-corrected chi connectivity index (χ2v) is 5.40. The summed E-state index contributed by atoms with van der Waals surface area (Å²) in [7, 11) is 1.45. The number of anilines is 1. The Morgan fingerprint density at radius 2 is 1.95 bits per heavy atom. The van der Waals surface area contributed by atoms with E-state index in [-0.39, 0.29) is 5.91 Å². The van der Waals surface area contributed by atoms with Gasteiger partial charge in [0.25, 0.3) is 5.91 Å². The van der Waals surface area contributed by atoms with Gasteiger partial charge in [0.05, 0.1) is 10.0 Å². The monoisotopic (exact) mass is 328 g/mol. The van der Waals surface area contributed by atoms with Crippen LogP contribution in [-0.2, 0) is 9.53 Å². The summed E-state index contributed by atoms with van der Waals surface area (Å²) in [5, 5.41) is 3.07. The van der Waals surface area contributed by atoms with Crippen molar-refractivity contribution in [3.05, 3.63) is 39.4 Å². The molecule has 0 bridgehead atoms. The Balaban J connectivity index is 2.42. The molecule has 2 rings (SSSR count). The maximum absolute atomic E-state index is 12.4. The molecule has 0 aliphatic carbocycles. The minimum Gasteiger partial charge on any atom is -0.421 e. The molecule has 0 saturated heterocycles. The number of amides is 2. The molecule has 7 heteroatoms. The Kier molecular flexibility index (Phi) is 4.44. The first-order valence-corrected chi connectivity index (χ1v) is 6.96.